The molecule has 0 radical (unpaired) electrons. The van der Waals surface area contributed by atoms with Gasteiger partial charge < -0.3 is 0 Å². The maximum Gasteiger partial charge on any atom is 0.0819 e. The van der Waals surface area contributed by atoms with Crippen molar-refractivity contribution in [3.63, 3.8) is 0 Å². The van der Waals surface area contributed by atoms with Gasteiger partial charge in [-0.3, -0.25) is 0 Å². The maximum absolute atomic E-state index is 3.73. The molecule has 0 aromatic heterocycles. The predicted molar refractivity (Wildman–Crippen MR) is 121 cm³/mol. The van der Waals surface area contributed by atoms with Crippen LogP contribution in [0.25, 0.3) is 5.57 Å². The molecule has 1 aromatic carbocycles. The highest BCUT2D eigenvalue weighted by Gasteiger charge is 2.29. The van der Waals surface area contributed by atoms with E-state index in [-0.39, 0.29) is 0 Å². The molecule has 0 unspecified atom stereocenters. The minimum Gasteiger partial charge on any atom is -0.0938 e. The zero-order chi connectivity index (χ0) is 20.1. The molecule has 0 atom stereocenters. The van der Waals surface area contributed by atoms with E-state index in [9.17, 15) is 0 Å². The molecule has 0 heteroatoms. The minimum atomic E-state index is 0.535. The van der Waals surface area contributed by atoms with Crippen LogP contribution >= 0.6 is 0 Å². The third-order valence-electron chi connectivity index (χ3n) is 7.33. The first-order valence-electron chi connectivity index (χ1n) is 11.2. The van der Waals surface area contributed by atoms with E-state index in [1.165, 1.54) is 68.1 Å². The average molecular weight is 373 g/mol. The Morgan fingerprint density at radius 1 is 0.857 bits per heavy atom. The second-order valence-corrected chi connectivity index (χ2v) is 9.31. The molecule has 2 saturated carbocycles. The first-order chi connectivity index (χ1) is 13.5. The monoisotopic (exact) mass is 372 g/mol. The molecule has 0 saturated heterocycles. The highest BCUT2D eigenvalue weighted by atomic mass is 14.3. The zero-order valence-corrected chi connectivity index (χ0v) is 18.3. The van der Waals surface area contributed by atoms with E-state index in [4.69, 9.17) is 0 Å². The molecule has 0 heterocycles. The van der Waals surface area contributed by atoms with Crippen LogP contribution in [-0.2, 0) is 0 Å². The minimum absolute atomic E-state index is 0.535. The molecule has 148 valence electrons. The first kappa shape index (κ1) is 20.8. The Labute approximate surface area is 172 Å². The average Bonchev–Trinajstić information content (AvgIpc) is 2.70. The van der Waals surface area contributed by atoms with Crippen LogP contribution in [0.2, 0.25) is 0 Å². The Morgan fingerprint density at radius 2 is 1.39 bits per heavy atom. The summed E-state index contributed by atoms with van der Waals surface area (Å²) in [6.45, 7) is 12.7. The lowest BCUT2D eigenvalue weighted by Gasteiger charge is -2.36. The Bertz CT molecular complexity index is 807. The van der Waals surface area contributed by atoms with E-state index in [1.54, 1.807) is 0 Å². The lowest BCUT2D eigenvalue weighted by atomic mass is 9.69. The van der Waals surface area contributed by atoms with Crippen molar-refractivity contribution in [1.82, 2.24) is 0 Å². The molecule has 28 heavy (non-hydrogen) atoms. The van der Waals surface area contributed by atoms with E-state index in [2.05, 4.69) is 69.7 Å². The third kappa shape index (κ3) is 5.11. The van der Waals surface area contributed by atoms with E-state index in [1.807, 2.05) is 0 Å². The molecule has 0 bridgehead atoms. The number of hydrogen-bond donors (Lipinski definition) is 0. The van der Waals surface area contributed by atoms with Gasteiger partial charge in [0.05, 0.1) is 5.57 Å². The molecular weight excluding hydrogens is 336 g/mol. The zero-order valence-electron chi connectivity index (χ0n) is 18.3. The van der Waals surface area contributed by atoms with Crippen LogP contribution in [0.3, 0.4) is 0 Å². The van der Waals surface area contributed by atoms with Gasteiger partial charge in [-0.05, 0) is 118 Å². The number of aryl methyl sites for hydroxylation is 2. The molecule has 0 N–H and O–H groups in total. The van der Waals surface area contributed by atoms with E-state index >= 15 is 0 Å². The van der Waals surface area contributed by atoms with Gasteiger partial charge in [-0.1, -0.05) is 43.1 Å². The summed E-state index contributed by atoms with van der Waals surface area (Å²) in [6, 6.07) is 4.44. The van der Waals surface area contributed by atoms with E-state index in [0.717, 1.165) is 28.9 Å². The summed E-state index contributed by atoms with van der Waals surface area (Å²) in [5.41, 5.74) is 12.0. The fraction of sp³-hybridized carbons (Fsp3) is 0.571. The van der Waals surface area contributed by atoms with Crippen molar-refractivity contribution in [2.75, 3.05) is 0 Å². The quantitative estimate of drug-likeness (QED) is 0.371. The molecule has 2 fully saturated rings. The number of hydrogen-bond acceptors (Lipinski definition) is 0. The van der Waals surface area contributed by atoms with Crippen molar-refractivity contribution in [2.24, 2.45) is 23.7 Å². The smallest absolute Gasteiger partial charge is 0.0819 e. The van der Waals surface area contributed by atoms with Crippen LogP contribution in [0.1, 0.15) is 80.5 Å². The van der Waals surface area contributed by atoms with Crippen LogP contribution in [-0.4, -0.2) is 0 Å². The van der Waals surface area contributed by atoms with Gasteiger partial charge in [0, 0.05) is 5.92 Å². The molecule has 0 nitrogen and oxygen atoms in total. The van der Waals surface area contributed by atoms with Crippen LogP contribution in [0.5, 0.6) is 0 Å². The van der Waals surface area contributed by atoms with Gasteiger partial charge in [0.2, 0.25) is 0 Å². The fourth-order valence-corrected chi connectivity index (χ4v) is 5.11. The number of rotatable bonds is 2. The molecule has 0 amide bonds. The second-order valence-electron chi connectivity index (χ2n) is 9.31. The van der Waals surface area contributed by atoms with Crippen molar-refractivity contribution >= 4 is 5.57 Å². The SMILES string of the molecule is C=C=C=C(C#CC1CCC(C2CCC(C)CC2)CC1)c1cc(C)c(C)c(C)c1. The lowest BCUT2D eigenvalue weighted by molar-refractivity contribution is 0.162. The van der Waals surface area contributed by atoms with Gasteiger partial charge in [-0.25, -0.2) is 0 Å². The predicted octanol–water partition coefficient (Wildman–Crippen LogP) is 7.57. The van der Waals surface area contributed by atoms with Crippen LogP contribution in [0.4, 0.5) is 0 Å². The van der Waals surface area contributed by atoms with Crippen molar-refractivity contribution in [3.8, 4) is 11.8 Å². The molecule has 2 aliphatic rings. The summed E-state index contributed by atoms with van der Waals surface area (Å²) >= 11 is 0. The van der Waals surface area contributed by atoms with Gasteiger partial charge in [0.25, 0.3) is 0 Å². The summed E-state index contributed by atoms with van der Waals surface area (Å²) in [6.07, 6.45) is 11.1. The summed E-state index contributed by atoms with van der Waals surface area (Å²) in [7, 11) is 0. The van der Waals surface area contributed by atoms with Crippen molar-refractivity contribution in [3.05, 3.63) is 52.4 Å². The van der Waals surface area contributed by atoms with E-state index < -0.39 is 0 Å². The number of benzene rings is 1. The molecule has 3 rings (SSSR count). The molecule has 1 aromatic rings. The summed E-state index contributed by atoms with van der Waals surface area (Å²) in [5.74, 6) is 10.4. The summed E-state index contributed by atoms with van der Waals surface area (Å²) in [5, 5.41) is 0. The first-order valence-corrected chi connectivity index (χ1v) is 11.2. The highest BCUT2D eigenvalue weighted by molar-refractivity contribution is 5.79. The fourth-order valence-electron chi connectivity index (χ4n) is 5.11. The van der Waals surface area contributed by atoms with Gasteiger partial charge in [-0.15, -0.1) is 0 Å². The Kier molecular flexibility index (Phi) is 7.08. The topological polar surface area (TPSA) is 0 Å². The Hall–Kier alpha value is -1.92. The van der Waals surface area contributed by atoms with Crippen LogP contribution in [0.15, 0.2) is 30.2 Å². The molecule has 2 aliphatic carbocycles. The van der Waals surface area contributed by atoms with Crippen molar-refractivity contribution < 1.29 is 0 Å². The molecule has 0 spiro atoms. The van der Waals surface area contributed by atoms with Crippen molar-refractivity contribution in [2.45, 2.75) is 79.1 Å². The van der Waals surface area contributed by atoms with Crippen LogP contribution in [0, 0.1) is 56.3 Å². The molecular formula is C28H36. The number of allylic oxidation sites excluding steroid dienone is 1. The van der Waals surface area contributed by atoms with Gasteiger partial charge in [0.1, 0.15) is 0 Å². The Morgan fingerprint density at radius 3 is 1.93 bits per heavy atom. The Balaban J connectivity index is 1.65. The van der Waals surface area contributed by atoms with Gasteiger partial charge >= 0.3 is 0 Å². The van der Waals surface area contributed by atoms with E-state index in [0.29, 0.717) is 5.92 Å². The largest absolute Gasteiger partial charge is 0.0938 e. The second kappa shape index (κ2) is 9.52. The van der Waals surface area contributed by atoms with Gasteiger partial charge in [0.15, 0.2) is 0 Å². The van der Waals surface area contributed by atoms with Crippen LogP contribution < -0.4 is 0 Å². The highest BCUT2D eigenvalue weighted by Crippen LogP contribution is 2.41. The van der Waals surface area contributed by atoms with Crippen molar-refractivity contribution in [1.29, 1.82) is 0 Å². The summed E-state index contributed by atoms with van der Waals surface area (Å²) < 4.78 is 0. The van der Waals surface area contributed by atoms with Gasteiger partial charge in [-0.2, -0.15) is 0 Å². The normalized spacial score (nSPS) is 27.1. The third-order valence-corrected chi connectivity index (χ3v) is 7.33. The summed E-state index contributed by atoms with van der Waals surface area (Å²) in [4.78, 5) is 0. The maximum atomic E-state index is 3.73. The standard InChI is InChI=1S/C28H36/c1-6-7-25(28-18-21(3)23(5)22(4)19-28)15-10-24-11-16-27(17-12-24)26-13-8-20(2)9-14-26/h18-20,24,26-27H,1,8-9,11-14,16-17H2,2-5H3. The molecule has 0 aliphatic heterocycles. The lowest BCUT2D eigenvalue weighted by Crippen LogP contribution is -2.24.